The normalized spacial score (nSPS) is 14.3. The van der Waals surface area contributed by atoms with Gasteiger partial charge in [-0.3, -0.25) is 4.68 Å². The molecule has 17 heavy (non-hydrogen) atoms. The van der Waals surface area contributed by atoms with E-state index in [0.29, 0.717) is 5.75 Å². The third kappa shape index (κ3) is 2.85. The van der Waals surface area contributed by atoms with Gasteiger partial charge in [0, 0.05) is 7.05 Å². The van der Waals surface area contributed by atoms with Gasteiger partial charge in [0.2, 0.25) is 0 Å². The molecule has 1 heterocycles. The first kappa shape index (κ1) is 11.7. The number of aryl methyl sites for hydroxylation is 1. The summed E-state index contributed by atoms with van der Waals surface area (Å²) in [6, 6.07) is 9.47. The van der Waals surface area contributed by atoms with Gasteiger partial charge in [0.15, 0.2) is 5.75 Å². The Balaban J connectivity index is 2.03. The first-order valence-electron chi connectivity index (χ1n) is 5.47. The summed E-state index contributed by atoms with van der Waals surface area (Å²) in [5.41, 5.74) is -0.166. The van der Waals surface area contributed by atoms with Crippen LogP contribution in [0.15, 0.2) is 42.7 Å². The van der Waals surface area contributed by atoms with E-state index in [4.69, 9.17) is 4.74 Å². The van der Waals surface area contributed by atoms with E-state index < -0.39 is 5.60 Å². The second-order valence-corrected chi connectivity index (χ2v) is 4.28. The van der Waals surface area contributed by atoms with E-state index >= 15 is 0 Å². The van der Waals surface area contributed by atoms with E-state index in [9.17, 15) is 5.11 Å². The van der Waals surface area contributed by atoms with Crippen LogP contribution in [0.3, 0.4) is 0 Å². The quantitative estimate of drug-likeness (QED) is 0.873. The van der Waals surface area contributed by atoms with Crippen LogP contribution >= 0.6 is 0 Å². The Labute approximate surface area is 100 Å². The van der Waals surface area contributed by atoms with Gasteiger partial charge in [-0.25, -0.2) is 0 Å². The van der Waals surface area contributed by atoms with E-state index in [-0.39, 0.29) is 6.61 Å². The Morgan fingerprint density at radius 1 is 1.35 bits per heavy atom. The van der Waals surface area contributed by atoms with Gasteiger partial charge < -0.3 is 9.84 Å². The number of rotatable bonds is 4. The van der Waals surface area contributed by atoms with Crippen LogP contribution in [0.4, 0.5) is 0 Å². The summed E-state index contributed by atoms with van der Waals surface area (Å²) >= 11 is 0. The molecule has 1 N–H and O–H groups in total. The van der Waals surface area contributed by atoms with E-state index in [0.717, 1.165) is 5.56 Å². The standard InChI is InChI=1S/C13H16N2O2/c1-13(16,11-6-4-3-5-7-11)10-17-12-8-14-15(2)9-12/h3-9,16H,10H2,1-2H3. The highest BCUT2D eigenvalue weighted by Gasteiger charge is 2.23. The summed E-state index contributed by atoms with van der Waals surface area (Å²) < 4.78 is 7.17. The highest BCUT2D eigenvalue weighted by molar-refractivity contribution is 5.22. The van der Waals surface area contributed by atoms with Crippen molar-refractivity contribution < 1.29 is 9.84 Å². The molecule has 2 rings (SSSR count). The molecule has 0 amide bonds. The maximum absolute atomic E-state index is 10.3. The Kier molecular flexibility index (Phi) is 3.15. The minimum atomic E-state index is -1.00. The zero-order valence-corrected chi connectivity index (χ0v) is 10.00. The summed E-state index contributed by atoms with van der Waals surface area (Å²) in [7, 11) is 1.82. The lowest BCUT2D eigenvalue weighted by Crippen LogP contribution is -2.29. The molecule has 0 spiro atoms. The van der Waals surface area contributed by atoms with E-state index in [1.54, 1.807) is 24.0 Å². The summed E-state index contributed by atoms with van der Waals surface area (Å²) in [5.74, 6) is 0.656. The van der Waals surface area contributed by atoms with Crippen molar-refractivity contribution in [3.05, 3.63) is 48.3 Å². The van der Waals surface area contributed by atoms with Crippen molar-refractivity contribution in [1.82, 2.24) is 9.78 Å². The average molecular weight is 232 g/mol. The predicted molar refractivity (Wildman–Crippen MR) is 64.7 cm³/mol. The predicted octanol–water partition coefficient (Wildman–Crippen LogP) is 1.71. The van der Waals surface area contributed by atoms with Gasteiger partial charge in [-0.2, -0.15) is 5.10 Å². The van der Waals surface area contributed by atoms with Crippen molar-refractivity contribution in [2.75, 3.05) is 6.61 Å². The number of benzene rings is 1. The largest absolute Gasteiger partial charge is 0.487 e. The van der Waals surface area contributed by atoms with E-state index in [1.807, 2.05) is 37.4 Å². The molecule has 1 aromatic heterocycles. The van der Waals surface area contributed by atoms with Crippen LogP contribution < -0.4 is 4.74 Å². The SMILES string of the molecule is Cn1cc(OCC(C)(O)c2ccccc2)cn1. The molecule has 0 fully saturated rings. The van der Waals surface area contributed by atoms with Crippen LogP contribution in [-0.4, -0.2) is 21.5 Å². The molecular weight excluding hydrogens is 216 g/mol. The smallest absolute Gasteiger partial charge is 0.157 e. The van der Waals surface area contributed by atoms with Crippen molar-refractivity contribution >= 4 is 0 Å². The molecule has 1 atom stereocenters. The van der Waals surface area contributed by atoms with Gasteiger partial charge in [-0.15, -0.1) is 0 Å². The summed E-state index contributed by atoms with van der Waals surface area (Å²) in [6.45, 7) is 1.93. The maximum Gasteiger partial charge on any atom is 0.157 e. The summed E-state index contributed by atoms with van der Waals surface area (Å²) in [6.07, 6.45) is 3.39. The van der Waals surface area contributed by atoms with Gasteiger partial charge in [-0.05, 0) is 12.5 Å². The second kappa shape index (κ2) is 4.59. The first-order valence-corrected chi connectivity index (χ1v) is 5.47. The number of hydrogen-bond acceptors (Lipinski definition) is 3. The Bertz CT molecular complexity index is 477. The van der Waals surface area contributed by atoms with Crippen LogP contribution in [0, 0.1) is 0 Å². The summed E-state index contributed by atoms with van der Waals surface area (Å²) in [4.78, 5) is 0. The van der Waals surface area contributed by atoms with Crippen molar-refractivity contribution in [2.24, 2.45) is 7.05 Å². The molecule has 2 aromatic rings. The highest BCUT2D eigenvalue weighted by Crippen LogP contribution is 2.21. The zero-order chi connectivity index (χ0) is 12.3. The molecule has 4 nitrogen and oxygen atoms in total. The number of hydrogen-bond donors (Lipinski definition) is 1. The number of ether oxygens (including phenoxy) is 1. The Morgan fingerprint density at radius 2 is 2.06 bits per heavy atom. The molecule has 0 aliphatic rings. The Hall–Kier alpha value is -1.81. The lowest BCUT2D eigenvalue weighted by atomic mass is 9.97. The molecule has 0 aliphatic heterocycles. The van der Waals surface area contributed by atoms with Crippen molar-refractivity contribution in [3.63, 3.8) is 0 Å². The topological polar surface area (TPSA) is 47.3 Å². The van der Waals surface area contributed by atoms with Gasteiger partial charge in [-0.1, -0.05) is 30.3 Å². The molecular formula is C13H16N2O2. The number of aliphatic hydroxyl groups is 1. The fourth-order valence-electron chi connectivity index (χ4n) is 1.58. The van der Waals surface area contributed by atoms with Gasteiger partial charge in [0.1, 0.15) is 12.2 Å². The number of nitrogens with zero attached hydrogens (tertiary/aromatic N) is 2. The minimum absolute atomic E-state index is 0.197. The Morgan fingerprint density at radius 3 is 2.65 bits per heavy atom. The third-order valence-corrected chi connectivity index (χ3v) is 2.60. The molecule has 0 saturated carbocycles. The average Bonchev–Trinajstić information content (AvgIpc) is 2.74. The van der Waals surface area contributed by atoms with Crippen LogP contribution in [0.5, 0.6) is 5.75 Å². The monoisotopic (exact) mass is 232 g/mol. The lowest BCUT2D eigenvalue weighted by Gasteiger charge is -2.23. The van der Waals surface area contributed by atoms with Gasteiger partial charge >= 0.3 is 0 Å². The fraction of sp³-hybridized carbons (Fsp3) is 0.308. The second-order valence-electron chi connectivity index (χ2n) is 4.28. The van der Waals surface area contributed by atoms with Crippen LogP contribution in [0.2, 0.25) is 0 Å². The minimum Gasteiger partial charge on any atom is -0.487 e. The first-order chi connectivity index (χ1) is 8.08. The van der Waals surface area contributed by atoms with Crippen molar-refractivity contribution in [1.29, 1.82) is 0 Å². The molecule has 1 aromatic carbocycles. The molecule has 1 unspecified atom stereocenters. The zero-order valence-electron chi connectivity index (χ0n) is 10.00. The molecule has 0 aliphatic carbocycles. The van der Waals surface area contributed by atoms with Gasteiger partial charge in [0.25, 0.3) is 0 Å². The molecule has 0 saturated heterocycles. The van der Waals surface area contributed by atoms with Crippen LogP contribution in [0.1, 0.15) is 12.5 Å². The number of aromatic nitrogens is 2. The van der Waals surface area contributed by atoms with Crippen molar-refractivity contribution in [2.45, 2.75) is 12.5 Å². The van der Waals surface area contributed by atoms with Gasteiger partial charge in [0.05, 0.1) is 12.4 Å². The third-order valence-electron chi connectivity index (χ3n) is 2.60. The highest BCUT2D eigenvalue weighted by atomic mass is 16.5. The molecule has 4 heteroatoms. The van der Waals surface area contributed by atoms with E-state index in [2.05, 4.69) is 5.10 Å². The van der Waals surface area contributed by atoms with Crippen LogP contribution in [-0.2, 0) is 12.6 Å². The van der Waals surface area contributed by atoms with Crippen molar-refractivity contribution in [3.8, 4) is 5.75 Å². The maximum atomic E-state index is 10.3. The van der Waals surface area contributed by atoms with E-state index in [1.165, 1.54) is 0 Å². The fourth-order valence-corrected chi connectivity index (χ4v) is 1.58. The van der Waals surface area contributed by atoms with Crippen LogP contribution in [0.25, 0.3) is 0 Å². The summed E-state index contributed by atoms with van der Waals surface area (Å²) in [5, 5.41) is 14.3. The molecule has 0 bridgehead atoms. The lowest BCUT2D eigenvalue weighted by molar-refractivity contribution is 0.00757. The molecule has 90 valence electrons. The molecule has 0 radical (unpaired) electrons.